The summed E-state index contributed by atoms with van der Waals surface area (Å²) in [7, 11) is 0. The highest BCUT2D eigenvalue weighted by molar-refractivity contribution is 6.06. The maximum atomic E-state index is 5.23. The Bertz CT molecular complexity index is 2930. The molecule has 0 aliphatic heterocycles. The highest BCUT2D eigenvalue weighted by Gasteiger charge is 2.16. The van der Waals surface area contributed by atoms with Crippen LogP contribution in [0.3, 0.4) is 0 Å². The van der Waals surface area contributed by atoms with Crippen molar-refractivity contribution in [3.05, 3.63) is 182 Å². The molecule has 10 rings (SSSR count). The highest BCUT2D eigenvalue weighted by Crippen LogP contribution is 2.36. The number of nitrogens with zero attached hydrogens (tertiary/aromatic N) is 4. The van der Waals surface area contributed by atoms with Gasteiger partial charge in [-0.15, -0.1) is 0 Å². The van der Waals surface area contributed by atoms with Crippen LogP contribution in [0.5, 0.6) is 0 Å². The lowest BCUT2D eigenvalue weighted by atomic mass is 9.97. The van der Waals surface area contributed by atoms with Crippen LogP contribution in [0.4, 0.5) is 0 Å². The van der Waals surface area contributed by atoms with Gasteiger partial charge in [-0.05, 0) is 28.5 Å². The highest BCUT2D eigenvalue weighted by atomic mass is 14.9. The van der Waals surface area contributed by atoms with Crippen LogP contribution in [-0.4, -0.2) is 19.9 Å². The summed E-state index contributed by atoms with van der Waals surface area (Å²) < 4.78 is 0. The van der Waals surface area contributed by atoms with Crippen LogP contribution in [0.1, 0.15) is 0 Å². The molecule has 10 aromatic rings. The topological polar surface area (TPSA) is 51.6 Å². The minimum absolute atomic E-state index is 0.709. The number of para-hydroxylation sites is 1. The summed E-state index contributed by atoms with van der Waals surface area (Å²) in [5, 5.41) is 5.54. The summed E-state index contributed by atoms with van der Waals surface area (Å²) in [4.78, 5) is 20.7. The van der Waals surface area contributed by atoms with E-state index in [9.17, 15) is 0 Å². The predicted molar refractivity (Wildman–Crippen MR) is 215 cm³/mol. The molecule has 0 saturated heterocycles. The summed E-state index contributed by atoms with van der Waals surface area (Å²) in [6.45, 7) is 0. The van der Waals surface area contributed by atoms with E-state index in [1.807, 2.05) is 24.3 Å². The summed E-state index contributed by atoms with van der Waals surface area (Å²) >= 11 is 0. The van der Waals surface area contributed by atoms with E-state index in [4.69, 9.17) is 19.9 Å². The molecule has 4 heteroatoms. The number of aromatic nitrogens is 4. The second-order valence-electron chi connectivity index (χ2n) is 13.0. The lowest BCUT2D eigenvalue weighted by Crippen LogP contribution is -1.97. The molecular weight excluding hydrogens is 633 g/mol. The van der Waals surface area contributed by atoms with E-state index < -0.39 is 0 Å². The van der Waals surface area contributed by atoms with Gasteiger partial charge in [0.1, 0.15) is 0 Å². The van der Waals surface area contributed by atoms with Crippen LogP contribution in [0.15, 0.2) is 182 Å². The number of fused-ring (bicyclic) bond motifs is 5. The Morgan fingerprint density at radius 3 is 1.60 bits per heavy atom. The minimum atomic E-state index is 0.709. The van der Waals surface area contributed by atoms with Crippen molar-refractivity contribution in [1.29, 1.82) is 0 Å². The van der Waals surface area contributed by atoms with E-state index in [2.05, 4.69) is 158 Å². The molecule has 242 valence electrons. The molecule has 0 saturated carbocycles. The molecule has 0 atom stereocenters. The van der Waals surface area contributed by atoms with Crippen molar-refractivity contribution in [2.75, 3.05) is 0 Å². The van der Waals surface area contributed by atoms with Crippen LogP contribution < -0.4 is 0 Å². The van der Waals surface area contributed by atoms with Gasteiger partial charge in [0, 0.05) is 44.0 Å². The Balaban J connectivity index is 1.07. The van der Waals surface area contributed by atoms with Crippen molar-refractivity contribution < 1.29 is 0 Å². The van der Waals surface area contributed by atoms with Gasteiger partial charge < -0.3 is 0 Å². The molecule has 7 aromatic carbocycles. The lowest BCUT2D eigenvalue weighted by Gasteiger charge is -2.13. The monoisotopic (exact) mass is 662 g/mol. The second kappa shape index (κ2) is 12.4. The van der Waals surface area contributed by atoms with Crippen LogP contribution in [0, 0.1) is 0 Å². The Morgan fingerprint density at radius 2 is 0.827 bits per heavy atom. The molecule has 0 aliphatic rings. The van der Waals surface area contributed by atoms with Crippen molar-refractivity contribution in [2.24, 2.45) is 0 Å². The van der Waals surface area contributed by atoms with Crippen molar-refractivity contribution in [2.45, 2.75) is 0 Å². The second-order valence-corrected chi connectivity index (χ2v) is 13.0. The average molecular weight is 663 g/mol. The zero-order valence-electron chi connectivity index (χ0n) is 28.1. The standard InChI is InChI=1S/C48H30N4/c1-3-12-34(13-4-1)44-41-20-10-18-39(47(41)52-48(51-44)37-14-5-2-6-15-37)32-21-23-33(24-22-32)42-29-27-35-25-26-36-28-30-43(50-46(36)45(35)49-42)40-19-9-16-31-11-7-8-17-38(31)40/h1-30H. The maximum Gasteiger partial charge on any atom is 0.160 e. The summed E-state index contributed by atoms with van der Waals surface area (Å²) in [5.41, 5.74) is 11.8. The summed E-state index contributed by atoms with van der Waals surface area (Å²) in [6.07, 6.45) is 0. The predicted octanol–water partition coefficient (Wildman–Crippen LogP) is 12.2. The molecule has 0 unspecified atom stereocenters. The maximum absolute atomic E-state index is 5.23. The smallest absolute Gasteiger partial charge is 0.160 e. The number of rotatable bonds is 5. The number of pyridine rings is 2. The molecule has 0 radical (unpaired) electrons. The van der Waals surface area contributed by atoms with E-state index in [1.165, 1.54) is 10.8 Å². The Morgan fingerprint density at radius 1 is 0.269 bits per heavy atom. The third-order valence-corrected chi connectivity index (χ3v) is 9.88. The Hall–Kier alpha value is -7.04. The van der Waals surface area contributed by atoms with Crippen molar-refractivity contribution in [3.63, 3.8) is 0 Å². The van der Waals surface area contributed by atoms with Gasteiger partial charge in [0.25, 0.3) is 0 Å². The summed E-state index contributed by atoms with van der Waals surface area (Å²) in [5.74, 6) is 0.709. The average Bonchev–Trinajstić information content (AvgIpc) is 3.23. The molecule has 0 aliphatic carbocycles. The van der Waals surface area contributed by atoms with Gasteiger partial charge in [-0.25, -0.2) is 19.9 Å². The van der Waals surface area contributed by atoms with E-state index in [1.54, 1.807) is 0 Å². The van der Waals surface area contributed by atoms with E-state index in [0.717, 1.165) is 83.2 Å². The molecule has 0 fully saturated rings. The fraction of sp³-hybridized carbons (Fsp3) is 0. The minimum Gasteiger partial charge on any atom is -0.245 e. The zero-order chi connectivity index (χ0) is 34.4. The first-order chi connectivity index (χ1) is 25.8. The van der Waals surface area contributed by atoms with Gasteiger partial charge in [0.15, 0.2) is 5.82 Å². The molecular formula is C48H30N4. The van der Waals surface area contributed by atoms with Crippen LogP contribution >= 0.6 is 0 Å². The van der Waals surface area contributed by atoms with Crippen molar-refractivity contribution in [1.82, 2.24) is 19.9 Å². The number of hydrogen-bond donors (Lipinski definition) is 0. The quantitative estimate of drug-likeness (QED) is 0.172. The van der Waals surface area contributed by atoms with Crippen LogP contribution in [0.2, 0.25) is 0 Å². The molecule has 0 bridgehead atoms. The van der Waals surface area contributed by atoms with Gasteiger partial charge >= 0.3 is 0 Å². The molecule has 52 heavy (non-hydrogen) atoms. The fourth-order valence-corrected chi connectivity index (χ4v) is 7.27. The summed E-state index contributed by atoms with van der Waals surface area (Å²) in [6, 6.07) is 63.2. The largest absolute Gasteiger partial charge is 0.245 e. The van der Waals surface area contributed by atoms with E-state index in [-0.39, 0.29) is 0 Å². The van der Waals surface area contributed by atoms with Gasteiger partial charge in [-0.3, -0.25) is 0 Å². The SMILES string of the molecule is c1ccc(-c2nc(-c3ccccc3)c3cccc(-c4ccc(-c5ccc6ccc7ccc(-c8cccc9ccccc89)nc7c6n5)cc4)c3n2)cc1. The normalized spacial score (nSPS) is 11.5. The van der Waals surface area contributed by atoms with E-state index in [0.29, 0.717) is 5.82 Å². The first-order valence-corrected chi connectivity index (χ1v) is 17.5. The fourth-order valence-electron chi connectivity index (χ4n) is 7.27. The zero-order valence-corrected chi connectivity index (χ0v) is 28.1. The van der Waals surface area contributed by atoms with Crippen LogP contribution in [-0.2, 0) is 0 Å². The Kier molecular flexibility index (Phi) is 7.10. The molecule has 0 spiro atoms. The number of benzene rings is 7. The number of hydrogen-bond acceptors (Lipinski definition) is 4. The third kappa shape index (κ3) is 5.17. The Labute approximate surface area is 300 Å². The van der Waals surface area contributed by atoms with Gasteiger partial charge in [0.05, 0.1) is 33.6 Å². The molecule has 3 aromatic heterocycles. The van der Waals surface area contributed by atoms with Crippen molar-refractivity contribution in [3.8, 4) is 56.3 Å². The van der Waals surface area contributed by atoms with Crippen LogP contribution in [0.25, 0.3) is 99.8 Å². The van der Waals surface area contributed by atoms with Crippen molar-refractivity contribution >= 4 is 43.5 Å². The molecule has 0 N–H and O–H groups in total. The lowest BCUT2D eigenvalue weighted by molar-refractivity contribution is 1.23. The van der Waals surface area contributed by atoms with E-state index >= 15 is 0 Å². The first-order valence-electron chi connectivity index (χ1n) is 17.5. The molecule has 0 amide bonds. The van der Waals surface area contributed by atoms with Gasteiger partial charge in [-0.2, -0.15) is 0 Å². The van der Waals surface area contributed by atoms with Gasteiger partial charge in [-0.1, -0.05) is 170 Å². The first kappa shape index (κ1) is 29.8. The molecule has 4 nitrogen and oxygen atoms in total. The third-order valence-electron chi connectivity index (χ3n) is 9.88. The van der Waals surface area contributed by atoms with Gasteiger partial charge in [0.2, 0.25) is 0 Å². The molecule has 3 heterocycles.